The van der Waals surface area contributed by atoms with Gasteiger partial charge in [-0.1, -0.05) is 81.1 Å². The van der Waals surface area contributed by atoms with E-state index < -0.39 is 37.6 Å². The second-order valence-corrected chi connectivity index (χ2v) is 22.3. The van der Waals surface area contributed by atoms with Crippen LogP contribution < -0.4 is 11.2 Å². The minimum absolute atomic E-state index is 0.0170. The number of rotatable bonds is 9. The third-order valence-electron chi connectivity index (χ3n) is 8.65. The van der Waals surface area contributed by atoms with Gasteiger partial charge in [0.25, 0.3) is 5.56 Å². The Morgan fingerprint density at radius 1 is 1.05 bits per heavy atom. The number of fused-ring (bicyclic) bond motifs is 3. The summed E-state index contributed by atoms with van der Waals surface area (Å²) < 4.78 is 26.8. The summed E-state index contributed by atoms with van der Waals surface area (Å²) in [4.78, 5) is 27.0. The number of hydrogen-bond donors (Lipinski definition) is 1. The normalized spacial score (nSPS) is 22.1. The van der Waals surface area contributed by atoms with Crippen LogP contribution in [0.5, 0.6) is 0 Å². The van der Waals surface area contributed by atoms with Gasteiger partial charge in [-0.3, -0.25) is 14.3 Å². The summed E-state index contributed by atoms with van der Waals surface area (Å²) in [6.07, 6.45) is 0.435. The quantitative estimate of drug-likeness (QED) is 0.169. The zero-order chi connectivity index (χ0) is 30.4. The lowest BCUT2D eigenvalue weighted by molar-refractivity contribution is -0.0388. The molecule has 226 valence electrons. The van der Waals surface area contributed by atoms with E-state index in [-0.39, 0.29) is 23.7 Å². The van der Waals surface area contributed by atoms with Gasteiger partial charge in [-0.05, 0) is 47.3 Å². The van der Waals surface area contributed by atoms with Crippen LogP contribution in [0.2, 0.25) is 18.1 Å². The van der Waals surface area contributed by atoms with Crippen LogP contribution in [0.15, 0.2) is 64.3 Å². The van der Waals surface area contributed by atoms with Gasteiger partial charge < -0.3 is 30.5 Å². The number of benzene rings is 2. The molecular formula is C30H38N2O6PS2Si-. The largest absolute Gasteiger partial charge is 0.691 e. The molecule has 2 heterocycles. The maximum absolute atomic E-state index is 12.7. The zero-order valence-corrected chi connectivity index (χ0v) is 28.3. The first-order chi connectivity index (χ1) is 19.7. The van der Waals surface area contributed by atoms with Crippen LogP contribution in [-0.4, -0.2) is 43.3 Å². The van der Waals surface area contributed by atoms with Crippen molar-refractivity contribution < 1.29 is 18.2 Å². The van der Waals surface area contributed by atoms with E-state index in [9.17, 15) is 9.59 Å². The number of nitrogens with zero attached hydrogens (tertiary/aromatic N) is 1. The Morgan fingerprint density at radius 2 is 1.62 bits per heavy atom. The Morgan fingerprint density at radius 3 is 2.21 bits per heavy atom. The Hall–Kier alpha value is -1.82. The van der Waals surface area contributed by atoms with E-state index in [0.717, 1.165) is 0 Å². The highest BCUT2D eigenvalue weighted by Gasteiger charge is 2.45. The van der Waals surface area contributed by atoms with Crippen LogP contribution in [0.4, 0.5) is 0 Å². The van der Waals surface area contributed by atoms with Crippen LogP contribution in [-0.2, 0) is 42.3 Å². The summed E-state index contributed by atoms with van der Waals surface area (Å²) >= 11 is 11.4. The first kappa shape index (κ1) is 31.6. The minimum Gasteiger partial charge on any atom is -0.691 e. The average Bonchev–Trinajstić information content (AvgIpc) is 3.46. The second-order valence-electron chi connectivity index (χ2n) is 12.5. The van der Waals surface area contributed by atoms with E-state index in [0.29, 0.717) is 18.6 Å². The van der Waals surface area contributed by atoms with Gasteiger partial charge in [0.15, 0.2) is 8.32 Å². The van der Waals surface area contributed by atoms with E-state index in [4.69, 9.17) is 42.3 Å². The molecule has 1 fully saturated rings. The Balaban J connectivity index is 1.31. The first-order valence-corrected chi connectivity index (χ1v) is 20.7. The number of aromatic nitrogens is 2. The molecule has 3 aromatic rings. The van der Waals surface area contributed by atoms with Crippen LogP contribution in [0.3, 0.4) is 0 Å². The van der Waals surface area contributed by atoms with E-state index >= 15 is 0 Å². The topological polar surface area (TPSA) is 91.8 Å². The predicted molar refractivity (Wildman–Crippen MR) is 174 cm³/mol. The van der Waals surface area contributed by atoms with Gasteiger partial charge in [-0.2, -0.15) is 0 Å². The molecule has 0 bridgehead atoms. The van der Waals surface area contributed by atoms with Gasteiger partial charge in [0.2, 0.25) is 0 Å². The fourth-order valence-corrected chi connectivity index (χ4v) is 8.13. The maximum atomic E-state index is 12.7. The molecule has 2 aliphatic rings. The van der Waals surface area contributed by atoms with Crippen molar-refractivity contribution in [2.75, 3.05) is 13.2 Å². The minimum atomic E-state index is -3.07. The number of ether oxygens (including phenoxy) is 1. The number of nitrogens with one attached hydrogen (secondary N) is 1. The molecule has 0 saturated carbocycles. The summed E-state index contributed by atoms with van der Waals surface area (Å²) in [5.74, 6) is 0.0170. The second kappa shape index (κ2) is 11.9. The van der Waals surface area contributed by atoms with Gasteiger partial charge in [0.05, 0.1) is 25.0 Å². The van der Waals surface area contributed by atoms with Gasteiger partial charge >= 0.3 is 5.69 Å². The predicted octanol–water partition coefficient (Wildman–Crippen LogP) is 6.14. The highest BCUT2D eigenvalue weighted by molar-refractivity contribution is 8.51. The molecule has 1 aliphatic heterocycles. The summed E-state index contributed by atoms with van der Waals surface area (Å²) in [6.45, 7) is 12.9. The lowest BCUT2D eigenvalue weighted by atomic mass is 9.98. The molecule has 0 amide bonds. The van der Waals surface area contributed by atoms with Crippen LogP contribution >= 0.6 is 5.69 Å². The standard InChI is InChI=1S/C30H39N2O6PS2Si/c1-19-16-32(29(34)31-28(19)33)27-15-25(38-42(5,6)30(2,3)4)26(37-27)18-36-39(40,41)35-17-24-22-13-9-7-11-20(22)21-12-8-10-14-23(21)24/h7-14,16,24-27H,15,17-18H2,1-6H3,(H,40,41)(H,31,33,34)/p-1/t25-,26+,27+/m0/s1. The molecule has 8 nitrogen and oxygen atoms in total. The highest BCUT2D eigenvalue weighted by Crippen LogP contribution is 2.51. The first-order valence-electron chi connectivity index (χ1n) is 14.1. The molecule has 4 atom stereocenters. The van der Waals surface area contributed by atoms with E-state index in [1.807, 2.05) is 24.3 Å². The van der Waals surface area contributed by atoms with Crippen molar-refractivity contribution in [1.29, 1.82) is 0 Å². The molecule has 1 aromatic heterocycles. The van der Waals surface area contributed by atoms with E-state index in [2.05, 4.69) is 63.1 Å². The summed E-state index contributed by atoms with van der Waals surface area (Å²) in [5, 5.41) is -0.0360. The lowest BCUT2D eigenvalue weighted by Crippen LogP contribution is -2.46. The van der Waals surface area contributed by atoms with Crippen LogP contribution in [0, 0.1) is 6.92 Å². The van der Waals surface area contributed by atoms with Crippen LogP contribution in [0.25, 0.3) is 11.1 Å². The van der Waals surface area contributed by atoms with Crippen molar-refractivity contribution in [1.82, 2.24) is 9.55 Å². The molecule has 2 aromatic carbocycles. The third kappa shape index (κ3) is 6.49. The van der Waals surface area contributed by atoms with Crippen LogP contribution in [0.1, 0.15) is 56.0 Å². The molecular weight excluding hydrogens is 608 g/mol. The van der Waals surface area contributed by atoms with Gasteiger partial charge in [0.1, 0.15) is 12.3 Å². The van der Waals surface area contributed by atoms with Crippen molar-refractivity contribution in [2.24, 2.45) is 0 Å². The summed E-state index contributed by atoms with van der Waals surface area (Å²) in [7, 11) is -2.21. The number of H-pyrrole nitrogens is 1. The Kier molecular flexibility index (Phi) is 8.98. The molecule has 1 unspecified atom stereocenters. The van der Waals surface area contributed by atoms with Crippen molar-refractivity contribution in [2.45, 2.75) is 76.6 Å². The molecule has 0 spiro atoms. The van der Waals surface area contributed by atoms with E-state index in [1.165, 1.54) is 33.0 Å². The number of aryl methyl sites for hydroxylation is 1. The third-order valence-corrected chi connectivity index (χ3v) is 15.3. The van der Waals surface area contributed by atoms with Crippen molar-refractivity contribution in [3.05, 3.63) is 92.3 Å². The van der Waals surface area contributed by atoms with Gasteiger partial charge in [-0.15, -0.1) is 0 Å². The smallest absolute Gasteiger partial charge is 0.330 e. The monoisotopic (exact) mass is 645 g/mol. The average molecular weight is 646 g/mol. The van der Waals surface area contributed by atoms with Crippen molar-refractivity contribution in [3.8, 4) is 11.1 Å². The fourth-order valence-electron chi connectivity index (χ4n) is 5.31. The van der Waals surface area contributed by atoms with Gasteiger partial charge in [-0.25, -0.2) is 4.79 Å². The molecule has 1 N–H and O–H groups in total. The van der Waals surface area contributed by atoms with E-state index in [1.54, 1.807) is 6.92 Å². The molecule has 5 rings (SSSR count). The summed E-state index contributed by atoms with van der Waals surface area (Å²) in [5.41, 5.74) is 1.18. The fraction of sp³-hybridized carbons (Fsp3) is 0.467. The van der Waals surface area contributed by atoms with Gasteiger partial charge in [0, 0.05) is 24.1 Å². The SMILES string of the molecule is Cc1cn([C@H]2C[C@H](O[Si](C)(C)C(C)(C)C)[C@@H](COP(=S)([S-])OCC3c4ccccc4-c4ccccc43)O2)c(=O)[nH]c1=O. The molecule has 1 saturated heterocycles. The molecule has 12 heteroatoms. The maximum Gasteiger partial charge on any atom is 0.330 e. The summed E-state index contributed by atoms with van der Waals surface area (Å²) in [6, 6.07) is 16.6. The Bertz CT molecular complexity index is 1590. The number of hydrogen-bond acceptors (Lipinski definition) is 8. The highest BCUT2D eigenvalue weighted by atomic mass is 32.9. The number of aromatic amines is 1. The zero-order valence-electron chi connectivity index (χ0n) is 24.8. The van der Waals surface area contributed by atoms with Crippen molar-refractivity contribution >= 4 is 38.1 Å². The lowest BCUT2D eigenvalue weighted by Gasteiger charge is -2.39. The Labute approximate surface area is 258 Å². The molecule has 0 radical (unpaired) electrons. The molecule has 1 aliphatic carbocycles. The van der Waals surface area contributed by atoms with Crippen molar-refractivity contribution in [3.63, 3.8) is 0 Å². The molecule has 42 heavy (non-hydrogen) atoms.